The maximum absolute atomic E-state index is 12.6. The predicted molar refractivity (Wildman–Crippen MR) is 78.5 cm³/mol. The molecule has 0 fully saturated rings. The van der Waals surface area contributed by atoms with Crippen LogP contribution in [0.15, 0.2) is 46.9 Å². The molecule has 0 amide bonds. The molecule has 0 atom stereocenters. The van der Waals surface area contributed by atoms with Crippen molar-refractivity contribution in [2.45, 2.75) is 13.1 Å². The molecule has 0 N–H and O–H groups in total. The molecule has 108 valence electrons. The van der Waals surface area contributed by atoms with Gasteiger partial charge >= 0.3 is 6.18 Å². The minimum absolute atomic E-state index is 0.600. The SMILES string of the molecule is Cc1nn(-c2ccc(C(F)(F)F)cc2)c2ccc(Br)cc12. The lowest BCUT2D eigenvalue weighted by Gasteiger charge is -2.08. The average molecular weight is 355 g/mol. The molecular weight excluding hydrogens is 345 g/mol. The van der Waals surface area contributed by atoms with Gasteiger partial charge in [-0.05, 0) is 49.4 Å². The van der Waals surface area contributed by atoms with Crippen LogP contribution in [-0.4, -0.2) is 9.78 Å². The molecule has 0 aliphatic carbocycles. The van der Waals surface area contributed by atoms with Crippen LogP contribution in [0, 0.1) is 6.92 Å². The molecule has 0 unspecified atom stereocenters. The van der Waals surface area contributed by atoms with Crippen LogP contribution in [0.3, 0.4) is 0 Å². The molecule has 3 aromatic rings. The van der Waals surface area contributed by atoms with Gasteiger partial charge in [0, 0.05) is 9.86 Å². The second-order valence-corrected chi connectivity index (χ2v) is 5.62. The normalized spacial score (nSPS) is 12.0. The third-order valence-corrected chi connectivity index (χ3v) is 3.76. The van der Waals surface area contributed by atoms with Crippen LogP contribution in [0.1, 0.15) is 11.3 Å². The first-order chi connectivity index (χ1) is 9.86. The fourth-order valence-corrected chi connectivity index (χ4v) is 2.59. The van der Waals surface area contributed by atoms with Crippen molar-refractivity contribution in [3.8, 4) is 5.69 Å². The highest BCUT2D eigenvalue weighted by Crippen LogP contribution is 2.30. The zero-order valence-electron chi connectivity index (χ0n) is 10.9. The molecule has 3 rings (SSSR count). The van der Waals surface area contributed by atoms with Crippen LogP contribution in [-0.2, 0) is 6.18 Å². The number of nitrogens with zero attached hydrogens (tertiary/aromatic N) is 2. The number of rotatable bonds is 1. The minimum atomic E-state index is -4.33. The monoisotopic (exact) mass is 354 g/mol. The zero-order valence-corrected chi connectivity index (χ0v) is 12.5. The average Bonchev–Trinajstić information content (AvgIpc) is 2.75. The molecule has 6 heteroatoms. The summed E-state index contributed by atoms with van der Waals surface area (Å²) in [6, 6.07) is 10.7. The van der Waals surface area contributed by atoms with Crippen LogP contribution >= 0.6 is 15.9 Å². The number of hydrogen-bond acceptors (Lipinski definition) is 1. The Morgan fingerprint density at radius 3 is 2.33 bits per heavy atom. The van der Waals surface area contributed by atoms with Crippen molar-refractivity contribution >= 4 is 26.8 Å². The lowest BCUT2D eigenvalue weighted by atomic mass is 10.2. The van der Waals surface area contributed by atoms with Gasteiger partial charge in [0.2, 0.25) is 0 Å². The molecule has 0 aliphatic rings. The molecule has 2 nitrogen and oxygen atoms in total. The highest BCUT2D eigenvalue weighted by molar-refractivity contribution is 9.10. The number of alkyl halides is 3. The lowest BCUT2D eigenvalue weighted by molar-refractivity contribution is -0.137. The molecule has 0 saturated carbocycles. The van der Waals surface area contributed by atoms with Crippen molar-refractivity contribution < 1.29 is 13.2 Å². The van der Waals surface area contributed by atoms with Crippen molar-refractivity contribution in [3.05, 3.63) is 58.2 Å². The molecule has 0 saturated heterocycles. The van der Waals surface area contributed by atoms with Crippen molar-refractivity contribution in [2.75, 3.05) is 0 Å². The molecule has 1 aromatic heterocycles. The van der Waals surface area contributed by atoms with E-state index in [1.807, 2.05) is 25.1 Å². The first kappa shape index (κ1) is 14.1. The van der Waals surface area contributed by atoms with Gasteiger partial charge in [-0.3, -0.25) is 0 Å². The Kier molecular flexibility index (Phi) is 3.28. The topological polar surface area (TPSA) is 17.8 Å². The number of fused-ring (bicyclic) bond motifs is 1. The lowest BCUT2D eigenvalue weighted by Crippen LogP contribution is -2.05. The van der Waals surface area contributed by atoms with Crippen molar-refractivity contribution in [1.82, 2.24) is 9.78 Å². The summed E-state index contributed by atoms with van der Waals surface area (Å²) in [5, 5.41) is 5.37. The zero-order chi connectivity index (χ0) is 15.2. The number of hydrogen-bond donors (Lipinski definition) is 0. The van der Waals surface area contributed by atoms with E-state index < -0.39 is 11.7 Å². The van der Waals surface area contributed by atoms with Gasteiger partial charge in [-0.25, -0.2) is 4.68 Å². The van der Waals surface area contributed by atoms with Crippen molar-refractivity contribution in [2.24, 2.45) is 0 Å². The molecule has 21 heavy (non-hydrogen) atoms. The smallest absolute Gasteiger partial charge is 0.233 e. The largest absolute Gasteiger partial charge is 0.416 e. The summed E-state index contributed by atoms with van der Waals surface area (Å²) < 4.78 is 40.4. The Morgan fingerprint density at radius 1 is 1.05 bits per heavy atom. The molecule has 2 aromatic carbocycles. The highest BCUT2D eigenvalue weighted by Gasteiger charge is 2.30. The highest BCUT2D eigenvalue weighted by atomic mass is 79.9. The summed E-state index contributed by atoms with van der Waals surface area (Å²) in [6.07, 6.45) is -4.33. The van der Waals surface area contributed by atoms with Crippen LogP contribution < -0.4 is 0 Å². The van der Waals surface area contributed by atoms with E-state index in [4.69, 9.17) is 0 Å². The molecular formula is C15H10BrF3N2. The second kappa shape index (κ2) is 4.87. The minimum Gasteiger partial charge on any atom is -0.233 e. The summed E-state index contributed by atoms with van der Waals surface area (Å²) in [5.74, 6) is 0. The van der Waals surface area contributed by atoms with E-state index in [-0.39, 0.29) is 0 Å². The van der Waals surface area contributed by atoms with Gasteiger partial charge in [0.25, 0.3) is 0 Å². The van der Waals surface area contributed by atoms with Gasteiger partial charge in [0.05, 0.1) is 22.5 Å². The van der Waals surface area contributed by atoms with Crippen LogP contribution in [0.4, 0.5) is 13.2 Å². The Hall–Kier alpha value is -1.82. The van der Waals surface area contributed by atoms with E-state index in [9.17, 15) is 13.2 Å². The maximum atomic E-state index is 12.6. The van der Waals surface area contributed by atoms with E-state index >= 15 is 0 Å². The van der Waals surface area contributed by atoms with Crippen molar-refractivity contribution in [3.63, 3.8) is 0 Å². The van der Waals surface area contributed by atoms with Gasteiger partial charge in [0.1, 0.15) is 0 Å². The quantitative estimate of drug-likeness (QED) is 0.593. The van der Waals surface area contributed by atoms with E-state index in [1.165, 1.54) is 12.1 Å². The van der Waals surface area contributed by atoms with Crippen LogP contribution in [0.25, 0.3) is 16.6 Å². The molecule has 0 spiro atoms. The molecule has 0 bridgehead atoms. The van der Waals surface area contributed by atoms with E-state index in [1.54, 1.807) is 4.68 Å². The molecule has 0 radical (unpaired) electrons. The first-order valence-electron chi connectivity index (χ1n) is 6.19. The summed E-state index contributed by atoms with van der Waals surface area (Å²) in [6.45, 7) is 1.87. The summed E-state index contributed by atoms with van der Waals surface area (Å²) in [4.78, 5) is 0. The number of aryl methyl sites for hydroxylation is 1. The third-order valence-electron chi connectivity index (χ3n) is 3.27. The molecule has 1 heterocycles. The van der Waals surface area contributed by atoms with E-state index in [0.717, 1.165) is 33.2 Å². The van der Waals surface area contributed by atoms with Gasteiger partial charge in [-0.1, -0.05) is 15.9 Å². The Balaban J connectivity index is 2.13. The summed E-state index contributed by atoms with van der Waals surface area (Å²) >= 11 is 3.40. The number of benzene rings is 2. The third kappa shape index (κ3) is 2.55. The van der Waals surface area contributed by atoms with Crippen LogP contribution in [0.2, 0.25) is 0 Å². The van der Waals surface area contributed by atoms with Gasteiger partial charge in [-0.15, -0.1) is 0 Å². The number of aromatic nitrogens is 2. The fourth-order valence-electron chi connectivity index (χ4n) is 2.23. The van der Waals surface area contributed by atoms with Gasteiger partial charge < -0.3 is 0 Å². The van der Waals surface area contributed by atoms with Crippen molar-refractivity contribution in [1.29, 1.82) is 0 Å². The maximum Gasteiger partial charge on any atom is 0.416 e. The van der Waals surface area contributed by atoms with Gasteiger partial charge in [-0.2, -0.15) is 18.3 Å². The molecule has 0 aliphatic heterocycles. The standard InChI is InChI=1S/C15H10BrF3N2/c1-9-13-8-11(16)4-7-14(13)21(20-9)12-5-2-10(3-6-12)15(17,18)19/h2-8H,1H3. The summed E-state index contributed by atoms with van der Waals surface area (Å²) in [7, 11) is 0. The van der Waals surface area contributed by atoms with E-state index in [2.05, 4.69) is 21.0 Å². The fraction of sp³-hybridized carbons (Fsp3) is 0.133. The van der Waals surface area contributed by atoms with E-state index in [0.29, 0.717) is 5.69 Å². The summed E-state index contributed by atoms with van der Waals surface area (Å²) in [5.41, 5.74) is 1.62. The Morgan fingerprint density at radius 2 is 1.71 bits per heavy atom. The first-order valence-corrected chi connectivity index (χ1v) is 6.98. The second-order valence-electron chi connectivity index (χ2n) is 4.70. The van der Waals surface area contributed by atoms with Crippen LogP contribution in [0.5, 0.6) is 0 Å². The Bertz CT molecular complexity index is 804. The predicted octanol–water partition coefficient (Wildman–Crippen LogP) is 5.12. The van der Waals surface area contributed by atoms with Gasteiger partial charge in [0.15, 0.2) is 0 Å². The number of halogens is 4. The Labute approximate surface area is 127 Å².